The van der Waals surface area contributed by atoms with Gasteiger partial charge in [-0.25, -0.2) is 18.6 Å². The third-order valence-electron chi connectivity index (χ3n) is 0.916. The van der Waals surface area contributed by atoms with Crippen LogP contribution in [0.3, 0.4) is 0 Å². The Morgan fingerprint density at radius 1 is 1.15 bits per heavy atom. The molecule has 0 amide bonds. The molecule has 8 heteroatoms. The number of hydrogen-bond acceptors (Lipinski definition) is 4. The third-order valence-corrected chi connectivity index (χ3v) is 0.916. The monoisotopic (exact) mass is 215 g/mol. The van der Waals surface area contributed by atoms with Crippen LogP contribution in [-0.4, -0.2) is 43.6 Å². The van der Waals surface area contributed by atoms with Crippen molar-refractivity contribution >= 4 is 5.96 Å². The molecule has 0 aliphatic rings. The van der Waals surface area contributed by atoms with E-state index in [0.29, 0.717) is 0 Å². The Morgan fingerprint density at radius 3 is 1.38 bits per heavy atom. The fourth-order valence-electron chi connectivity index (χ4n) is 0.400. The van der Waals surface area contributed by atoms with E-state index in [1.807, 2.05) is 37.7 Å². The van der Waals surface area contributed by atoms with E-state index in [-0.39, 0.29) is 0 Å². The van der Waals surface area contributed by atoms with Crippen LogP contribution in [0.2, 0.25) is 0 Å². The summed E-state index contributed by atoms with van der Waals surface area (Å²) in [4.78, 5) is 1.86. The van der Waals surface area contributed by atoms with Gasteiger partial charge in [-0.1, -0.05) is 0 Å². The lowest BCUT2D eigenvalue weighted by molar-refractivity contribution is -2.00. The molecule has 0 unspecified atom stereocenters. The van der Waals surface area contributed by atoms with Crippen molar-refractivity contribution in [3.05, 3.63) is 0 Å². The summed E-state index contributed by atoms with van der Waals surface area (Å²) >= 11 is 0. The number of nitrogens with two attached hydrogens (primary N) is 1. The predicted molar refractivity (Wildman–Crippen MR) is 35.0 cm³/mol. The Labute approximate surface area is 79.0 Å². The number of rotatable bonds is 0. The average Bonchev–Trinajstić information content (AvgIpc) is 1.81. The first-order valence-corrected chi connectivity index (χ1v) is 4.38. The molecule has 0 aromatic heterocycles. The summed E-state index contributed by atoms with van der Waals surface area (Å²) in [5.74, 6) is 0.769. The van der Waals surface area contributed by atoms with Crippen molar-refractivity contribution in [3.63, 3.8) is 0 Å². The van der Waals surface area contributed by atoms with Crippen molar-refractivity contribution in [2.45, 2.75) is 0 Å². The zero-order chi connectivity index (χ0) is 11.2. The maximum Gasteiger partial charge on any atom is 0.344 e. The van der Waals surface area contributed by atoms with Gasteiger partial charge >= 0.3 is 5.96 Å². The van der Waals surface area contributed by atoms with Crippen molar-refractivity contribution in [3.8, 4) is 0 Å². The van der Waals surface area contributed by atoms with Gasteiger partial charge < -0.3 is 0 Å². The van der Waals surface area contributed by atoms with E-state index in [9.17, 15) is 0 Å². The molecule has 80 valence electrons. The highest BCUT2D eigenvalue weighted by Crippen LogP contribution is 1.68. The van der Waals surface area contributed by atoms with Gasteiger partial charge in [0.25, 0.3) is 0 Å². The minimum absolute atomic E-state index is 0.769. The molecule has 0 radical (unpaired) electrons. The number of guanidine groups is 1. The van der Waals surface area contributed by atoms with Crippen LogP contribution in [0.1, 0.15) is 0 Å². The summed E-state index contributed by atoms with van der Waals surface area (Å²) in [5, 5.41) is 0. The number of nitrogens with zero attached hydrogens (tertiary/aromatic N) is 2. The Hall–Kier alpha value is -0.600. The van der Waals surface area contributed by atoms with Crippen LogP contribution in [-0.2, 0) is 0 Å². The minimum atomic E-state index is -4.94. The number of hydrogen-bond donors (Lipinski definition) is 1. The minimum Gasteiger partial charge on any atom is -0.291 e. The third kappa shape index (κ3) is 18.4. The topological polar surface area (TPSA) is 125 Å². The van der Waals surface area contributed by atoms with Crippen LogP contribution in [0.5, 0.6) is 0 Å². The van der Waals surface area contributed by atoms with Crippen molar-refractivity contribution in [2.24, 2.45) is 5.73 Å². The summed E-state index contributed by atoms with van der Waals surface area (Å²) in [7, 11) is 2.70. The SMILES string of the molecule is CN(C)C(N)=[N+](C)C.[O-][Cl+3]([O-])([O-])[O-]. The average molecular weight is 216 g/mol. The zero-order valence-corrected chi connectivity index (χ0v) is 8.74. The lowest BCUT2D eigenvalue weighted by Gasteiger charge is -2.17. The summed E-state index contributed by atoms with van der Waals surface area (Å²) < 4.78 is 35.8. The van der Waals surface area contributed by atoms with Gasteiger partial charge in [0.15, 0.2) is 0 Å². The van der Waals surface area contributed by atoms with Crippen LogP contribution in [0.15, 0.2) is 0 Å². The van der Waals surface area contributed by atoms with E-state index in [1.54, 1.807) is 0 Å². The van der Waals surface area contributed by atoms with Gasteiger partial charge in [0, 0.05) is 0 Å². The van der Waals surface area contributed by atoms with E-state index in [2.05, 4.69) is 0 Å². The highest BCUT2D eigenvalue weighted by molar-refractivity contribution is 5.72. The molecule has 0 aromatic carbocycles. The molecule has 0 aromatic rings. The van der Waals surface area contributed by atoms with Crippen LogP contribution in [0, 0.1) is 10.2 Å². The summed E-state index contributed by atoms with van der Waals surface area (Å²) in [6, 6.07) is 0. The van der Waals surface area contributed by atoms with Crippen LogP contribution in [0.4, 0.5) is 0 Å². The Morgan fingerprint density at radius 2 is 1.38 bits per heavy atom. The van der Waals surface area contributed by atoms with E-state index in [0.717, 1.165) is 5.96 Å². The van der Waals surface area contributed by atoms with Crippen LogP contribution in [0.25, 0.3) is 0 Å². The molecule has 2 N–H and O–H groups in total. The fourth-order valence-corrected chi connectivity index (χ4v) is 0.400. The zero-order valence-electron chi connectivity index (χ0n) is 7.98. The summed E-state index contributed by atoms with van der Waals surface area (Å²) in [5.41, 5.74) is 5.53. The van der Waals surface area contributed by atoms with Gasteiger partial charge in [-0.3, -0.25) is 15.2 Å². The molecule has 0 aliphatic carbocycles. The van der Waals surface area contributed by atoms with E-state index in [4.69, 9.17) is 24.4 Å². The predicted octanol–water partition coefficient (Wildman–Crippen LogP) is -5.62. The second kappa shape index (κ2) is 5.95. The van der Waals surface area contributed by atoms with Crippen molar-refractivity contribution in [1.29, 1.82) is 0 Å². The van der Waals surface area contributed by atoms with E-state index in [1.165, 1.54) is 0 Å². The smallest absolute Gasteiger partial charge is 0.291 e. The molecule has 0 fully saturated rings. The van der Waals surface area contributed by atoms with Gasteiger partial charge in [0.2, 0.25) is 0 Å². The largest absolute Gasteiger partial charge is 0.344 e. The molecule has 0 aliphatic heterocycles. The lowest BCUT2D eigenvalue weighted by atomic mass is 10.8. The standard InChI is InChI=1S/C5H13N3.ClHO4/c1-7(2)5(6)8(3)4;2-1(3,4)5/h6H,1-4H3;(H,2,3,4,5). The van der Waals surface area contributed by atoms with Gasteiger partial charge in [-0.15, -0.1) is 10.2 Å². The molecule has 7 nitrogen and oxygen atoms in total. The van der Waals surface area contributed by atoms with E-state index >= 15 is 0 Å². The highest BCUT2D eigenvalue weighted by Gasteiger charge is 2.00. The quantitative estimate of drug-likeness (QED) is 0.244. The highest BCUT2D eigenvalue weighted by atomic mass is 35.7. The first-order valence-electron chi connectivity index (χ1n) is 3.14. The van der Waals surface area contributed by atoms with Gasteiger partial charge in [0.1, 0.15) is 0 Å². The van der Waals surface area contributed by atoms with Crippen molar-refractivity contribution in [2.75, 3.05) is 28.2 Å². The van der Waals surface area contributed by atoms with Crippen LogP contribution < -0.4 is 24.4 Å². The summed E-state index contributed by atoms with van der Waals surface area (Å²) in [6.45, 7) is 0. The molecule has 0 bridgehead atoms. The Kier molecular flexibility index (Phi) is 6.82. The molecular weight excluding hydrogens is 202 g/mol. The second-order valence-corrected chi connectivity index (χ2v) is 3.28. The van der Waals surface area contributed by atoms with Crippen molar-refractivity contribution in [1.82, 2.24) is 4.90 Å². The molecule has 0 heterocycles. The molecular formula is C5H14ClN3O4. The fraction of sp³-hybridized carbons (Fsp3) is 0.800. The summed E-state index contributed by atoms with van der Waals surface area (Å²) in [6.07, 6.45) is 0. The van der Waals surface area contributed by atoms with Crippen molar-refractivity contribution < 1.29 is 33.5 Å². The molecule has 0 spiro atoms. The number of halogens is 1. The Balaban J connectivity index is 0. The van der Waals surface area contributed by atoms with Gasteiger partial charge in [0.05, 0.1) is 28.2 Å². The first kappa shape index (κ1) is 14.9. The Bertz CT molecular complexity index is 167. The molecule has 0 saturated heterocycles. The van der Waals surface area contributed by atoms with Gasteiger partial charge in [-0.05, 0) is 0 Å². The lowest BCUT2D eigenvalue weighted by Crippen LogP contribution is -2.68. The van der Waals surface area contributed by atoms with E-state index < -0.39 is 10.2 Å². The van der Waals surface area contributed by atoms with Gasteiger partial charge in [-0.2, -0.15) is 0 Å². The first-order chi connectivity index (χ1) is 5.55. The molecule has 0 saturated carbocycles. The normalized spacial score (nSPS) is 9.85. The molecule has 0 atom stereocenters. The second-order valence-electron chi connectivity index (χ2n) is 2.53. The van der Waals surface area contributed by atoms with Crippen LogP contribution >= 0.6 is 0 Å². The molecule has 13 heavy (non-hydrogen) atoms. The maximum absolute atomic E-state index is 8.49. The molecule has 0 rings (SSSR count). The maximum atomic E-state index is 8.49.